The van der Waals surface area contributed by atoms with Crippen LogP contribution in [0.15, 0.2) is 54.7 Å². The molecule has 1 aromatic heterocycles. The van der Waals surface area contributed by atoms with Gasteiger partial charge in [0.2, 0.25) is 0 Å². The molecule has 0 aliphatic heterocycles. The molecule has 0 bridgehead atoms. The fourth-order valence-electron chi connectivity index (χ4n) is 2.52. The number of ketones is 1. The molecule has 2 nitrogen and oxygen atoms in total. The van der Waals surface area contributed by atoms with Gasteiger partial charge in [0.15, 0.2) is 5.78 Å². The van der Waals surface area contributed by atoms with E-state index in [1.54, 1.807) is 6.20 Å². The highest BCUT2D eigenvalue weighted by Crippen LogP contribution is 2.19. The van der Waals surface area contributed by atoms with Crippen LogP contribution in [0, 0.1) is 13.8 Å². The molecule has 3 rings (SSSR count). The molecule has 0 spiro atoms. The van der Waals surface area contributed by atoms with Crippen molar-refractivity contribution >= 4 is 16.6 Å². The molecule has 0 N–H and O–H groups in total. The van der Waals surface area contributed by atoms with E-state index in [2.05, 4.69) is 31.0 Å². The third-order valence-electron chi connectivity index (χ3n) is 3.87. The monoisotopic (exact) mass is 275 g/mol. The van der Waals surface area contributed by atoms with Gasteiger partial charge in [0.05, 0.1) is 0 Å². The summed E-state index contributed by atoms with van der Waals surface area (Å²) in [4.78, 5) is 16.9. The standard InChI is InChI=1S/C19H17NO/c1-13-7-8-15(11-14(13)2)12-18(21)19-17-6-4-3-5-16(17)9-10-20-19/h3-11H,12H2,1-2H3. The largest absolute Gasteiger partial charge is 0.292 e. The first-order valence-electron chi connectivity index (χ1n) is 7.08. The number of aromatic nitrogens is 1. The molecule has 0 radical (unpaired) electrons. The lowest BCUT2D eigenvalue weighted by Gasteiger charge is -2.07. The molecule has 2 heteroatoms. The number of pyridine rings is 1. The highest BCUT2D eigenvalue weighted by Gasteiger charge is 2.12. The maximum atomic E-state index is 12.6. The average Bonchev–Trinajstić information content (AvgIpc) is 2.50. The summed E-state index contributed by atoms with van der Waals surface area (Å²) in [6, 6.07) is 16.0. The molecule has 104 valence electrons. The van der Waals surface area contributed by atoms with Gasteiger partial charge in [-0.3, -0.25) is 9.78 Å². The van der Waals surface area contributed by atoms with Crippen molar-refractivity contribution in [3.8, 4) is 0 Å². The lowest BCUT2D eigenvalue weighted by Crippen LogP contribution is -2.07. The number of rotatable bonds is 3. The van der Waals surface area contributed by atoms with Gasteiger partial charge in [0, 0.05) is 18.0 Å². The second-order valence-corrected chi connectivity index (χ2v) is 5.40. The summed E-state index contributed by atoms with van der Waals surface area (Å²) >= 11 is 0. The summed E-state index contributed by atoms with van der Waals surface area (Å²) in [6.45, 7) is 4.15. The molecule has 1 heterocycles. The third kappa shape index (κ3) is 2.70. The van der Waals surface area contributed by atoms with Gasteiger partial charge in [-0.15, -0.1) is 0 Å². The van der Waals surface area contributed by atoms with Crippen LogP contribution in [-0.2, 0) is 6.42 Å². The van der Waals surface area contributed by atoms with Crippen LogP contribution in [0.2, 0.25) is 0 Å². The Morgan fingerprint density at radius 1 is 1.00 bits per heavy atom. The number of aryl methyl sites for hydroxylation is 2. The number of carbonyl (C=O) groups excluding carboxylic acids is 1. The number of nitrogens with zero attached hydrogens (tertiary/aromatic N) is 1. The van der Waals surface area contributed by atoms with Crippen molar-refractivity contribution < 1.29 is 4.79 Å². The Hall–Kier alpha value is -2.48. The Morgan fingerprint density at radius 2 is 1.81 bits per heavy atom. The van der Waals surface area contributed by atoms with Crippen LogP contribution < -0.4 is 0 Å². The molecule has 0 atom stereocenters. The molecule has 0 aliphatic rings. The molecule has 0 saturated carbocycles. The van der Waals surface area contributed by atoms with Crippen LogP contribution in [0.3, 0.4) is 0 Å². The second-order valence-electron chi connectivity index (χ2n) is 5.40. The van der Waals surface area contributed by atoms with E-state index in [1.807, 2.05) is 36.4 Å². The van der Waals surface area contributed by atoms with Crippen molar-refractivity contribution in [3.05, 3.63) is 77.1 Å². The summed E-state index contributed by atoms with van der Waals surface area (Å²) in [6.07, 6.45) is 2.10. The van der Waals surface area contributed by atoms with E-state index in [9.17, 15) is 4.79 Å². The predicted octanol–water partition coefficient (Wildman–Crippen LogP) is 4.28. The van der Waals surface area contributed by atoms with Gasteiger partial charge in [0.1, 0.15) is 5.69 Å². The Morgan fingerprint density at radius 3 is 2.62 bits per heavy atom. The highest BCUT2D eigenvalue weighted by atomic mass is 16.1. The molecule has 2 aromatic carbocycles. The van der Waals surface area contributed by atoms with Gasteiger partial charge in [-0.1, -0.05) is 42.5 Å². The molecule has 21 heavy (non-hydrogen) atoms. The summed E-state index contributed by atoms with van der Waals surface area (Å²) in [7, 11) is 0. The van der Waals surface area contributed by atoms with E-state index in [-0.39, 0.29) is 5.78 Å². The Kier molecular flexibility index (Phi) is 3.53. The van der Waals surface area contributed by atoms with Gasteiger partial charge in [-0.25, -0.2) is 0 Å². The zero-order valence-corrected chi connectivity index (χ0v) is 12.3. The fourth-order valence-corrected chi connectivity index (χ4v) is 2.52. The van der Waals surface area contributed by atoms with Crippen molar-refractivity contribution in [2.45, 2.75) is 20.3 Å². The molecular weight excluding hydrogens is 258 g/mol. The van der Waals surface area contributed by atoms with E-state index in [1.165, 1.54) is 11.1 Å². The van der Waals surface area contributed by atoms with Gasteiger partial charge < -0.3 is 0 Å². The van der Waals surface area contributed by atoms with Crippen molar-refractivity contribution in [3.63, 3.8) is 0 Å². The number of hydrogen-bond acceptors (Lipinski definition) is 2. The first-order valence-corrected chi connectivity index (χ1v) is 7.08. The summed E-state index contributed by atoms with van der Waals surface area (Å²) in [5.41, 5.74) is 4.06. The van der Waals surface area contributed by atoms with Gasteiger partial charge in [-0.2, -0.15) is 0 Å². The molecule has 0 saturated heterocycles. The van der Waals surface area contributed by atoms with Gasteiger partial charge in [-0.05, 0) is 42.0 Å². The number of Topliss-reactive ketones (excluding diaryl/α,β-unsaturated/α-hetero) is 1. The van der Waals surface area contributed by atoms with Crippen LogP contribution in [-0.4, -0.2) is 10.8 Å². The van der Waals surface area contributed by atoms with Crippen molar-refractivity contribution in [1.29, 1.82) is 0 Å². The molecule has 0 amide bonds. The number of benzene rings is 2. The van der Waals surface area contributed by atoms with Crippen LogP contribution in [0.4, 0.5) is 0 Å². The summed E-state index contributed by atoms with van der Waals surface area (Å²) in [5.74, 6) is 0.0649. The zero-order valence-electron chi connectivity index (χ0n) is 12.3. The first kappa shape index (κ1) is 13.5. The number of fused-ring (bicyclic) bond motifs is 1. The SMILES string of the molecule is Cc1ccc(CC(=O)c2nccc3ccccc23)cc1C. The van der Waals surface area contributed by atoms with E-state index in [0.29, 0.717) is 12.1 Å². The Bertz CT molecular complexity index is 815. The second kappa shape index (κ2) is 5.49. The topological polar surface area (TPSA) is 30.0 Å². The number of carbonyl (C=O) groups is 1. The fraction of sp³-hybridized carbons (Fsp3) is 0.158. The predicted molar refractivity (Wildman–Crippen MR) is 85.7 cm³/mol. The maximum Gasteiger partial charge on any atom is 0.186 e. The molecule has 3 aromatic rings. The smallest absolute Gasteiger partial charge is 0.186 e. The third-order valence-corrected chi connectivity index (χ3v) is 3.87. The molecule has 0 aliphatic carbocycles. The molecule has 0 fully saturated rings. The quantitative estimate of drug-likeness (QED) is 0.668. The highest BCUT2D eigenvalue weighted by molar-refractivity contribution is 6.07. The molecule has 0 unspecified atom stereocenters. The minimum Gasteiger partial charge on any atom is -0.292 e. The van der Waals surface area contributed by atoms with Crippen LogP contribution in [0.5, 0.6) is 0 Å². The summed E-state index contributed by atoms with van der Waals surface area (Å²) in [5, 5.41) is 1.98. The number of hydrogen-bond donors (Lipinski definition) is 0. The van der Waals surface area contributed by atoms with E-state index < -0.39 is 0 Å². The van der Waals surface area contributed by atoms with E-state index in [0.717, 1.165) is 16.3 Å². The van der Waals surface area contributed by atoms with Crippen LogP contribution in [0.25, 0.3) is 10.8 Å². The van der Waals surface area contributed by atoms with Crippen molar-refractivity contribution in [2.75, 3.05) is 0 Å². The Labute approximate surface area is 124 Å². The molecular formula is C19H17NO. The first-order chi connectivity index (χ1) is 10.1. The van der Waals surface area contributed by atoms with Crippen molar-refractivity contribution in [2.24, 2.45) is 0 Å². The van der Waals surface area contributed by atoms with Gasteiger partial charge >= 0.3 is 0 Å². The van der Waals surface area contributed by atoms with Crippen LogP contribution >= 0.6 is 0 Å². The minimum atomic E-state index is 0.0649. The zero-order chi connectivity index (χ0) is 14.8. The lowest BCUT2D eigenvalue weighted by molar-refractivity contribution is 0.0990. The van der Waals surface area contributed by atoms with Crippen LogP contribution in [0.1, 0.15) is 27.2 Å². The summed E-state index contributed by atoms with van der Waals surface area (Å²) < 4.78 is 0. The van der Waals surface area contributed by atoms with Gasteiger partial charge in [0.25, 0.3) is 0 Å². The lowest BCUT2D eigenvalue weighted by atomic mass is 9.99. The maximum absolute atomic E-state index is 12.6. The van der Waals surface area contributed by atoms with E-state index >= 15 is 0 Å². The minimum absolute atomic E-state index is 0.0649. The van der Waals surface area contributed by atoms with E-state index in [4.69, 9.17) is 0 Å². The normalized spacial score (nSPS) is 10.8. The Balaban J connectivity index is 1.95. The average molecular weight is 275 g/mol. The van der Waals surface area contributed by atoms with Crippen molar-refractivity contribution in [1.82, 2.24) is 4.98 Å².